The fourth-order valence-electron chi connectivity index (χ4n) is 4.16. The Hall–Kier alpha value is -2.95. The first-order valence-corrected chi connectivity index (χ1v) is 11.5. The van der Waals surface area contributed by atoms with Gasteiger partial charge in [-0.3, -0.25) is 4.79 Å². The third-order valence-electron chi connectivity index (χ3n) is 5.78. The molecule has 1 amide bonds. The Bertz CT molecular complexity index is 1120. The first-order valence-electron chi connectivity index (χ1n) is 10.7. The topological polar surface area (TPSA) is 84.8 Å². The summed E-state index contributed by atoms with van der Waals surface area (Å²) in [6, 6.07) is 5.17. The van der Waals surface area contributed by atoms with Gasteiger partial charge in [0.2, 0.25) is 5.01 Å². The molecule has 0 bridgehead atoms. The molecule has 0 aromatic carbocycles. The van der Waals surface area contributed by atoms with Crippen molar-refractivity contribution in [3.05, 3.63) is 52.0 Å². The summed E-state index contributed by atoms with van der Waals surface area (Å²) in [4.78, 5) is 28.5. The molecule has 7 nitrogen and oxygen atoms in total. The number of piperidine rings is 1. The lowest BCUT2D eigenvalue weighted by atomic mass is 9.87. The molecule has 4 heterocycles. The highest BCUT2D eigenvalue weighted by atomic mass is 32.1. The molecule has 1 fully saturated rings. The van der Waals surface area contributed by atoms with E-state index in [0.29, 0.717) is 52.8 Å². The second kappa shape index (κ2) is 9.50. The zero-order valence-corrected chi connectivity index (χ0v) is 19.0. The largest absolute Gasteiger partial charge is 0.445 e. The molecule has 3 aromatic heterocycles. The van der Waals surface area contributed by atoms with E-state index in [1.165, 1.54) is 0 Å². The molecule has 2 atom stereocenters. The van der Waals surface area contributed by atoms with Gasteiger partial charge in [-0.05, 0) is 50.3 Å². The highest BCUT2D eigenvalue weighted by Crippen LogP contribution is 2.33. The highest BCUT2D eigenvalue weighted by molar-refractivity contribution is 7.11. The maximum absolute atomic E-state index is 13.7. The third-order valence-corrected chi connectivity index (χ3v) is 6.81. The number of nitrogens with zero attached hydrogens (tertiary/aromatic N) is 6. The molecular weight excluding hydrogens is 453 g/mol. The van der Waals surface area contributed by atoms with Gasteiger partial charge in [-0.15, -0.1) is 10.2 Å². The quantitative estimate of drug-likeness (QED) is 0.536. The van der Waals surface area contributed by atoms with E-state index in [1.807, 2.05) is 13.0 Å². The van der Waals surface area contributed by atoms with E-state index in [0.717, 1.165) is 12.8 Å². The first kappa shape index (κ1) is 23.2. The maximum Gasteiger partial charge on any atom is 0.445 e. The standard InChI is InChI=1S/C22H23F3N6OS/c1-13-5-3-12-31(16(13)8-9-17-29-30-21(33-17)22(23,24)25)20(32)18-15(7-6-14(2)28-18)19-26-10-4-11-27-19/h4,6-7,10-11,13,16H,3,5,8-9,12H2,1-2H3/t13-,16-/m1/s1. The van der Waals surface area contributed by atoms with Crippen LogP contribution in [-0.2, 0) is 12.6 Å². The SMILES string of the molecule is Cc1ccc(-c2ncccn2)c(C(=O)N2CCC[C@@H](C)[C@H]2CCc2nnc(C(F)(F)F)s2)n1. The number of amides is 1. The highest BCUT2D eigenvalue weighted by Gasteiger charge is 2.37. The van der Waals surface area contributed by atoms with Gasteiger partial charge in [0.25, 0.3) is 5.91 Å². The molecule has 3 aromatic rings. The van der Waals surface area contributed by atoms with E-state index in [2.05, 4.69) is 32.1 Å². The van der Waals surface area contributed by atoms with Gasteiger partial charge in [-0.1, -0.05) is 18.3 Å². The van der Waals surface area contributed by atoms with Gasteiger partial charge in [-0.2, -0.15) is 13.2 Å². The maximum atomic E-state index is 13.7. The van der Waals surface area contributed by atoms with Crippen LogP contribution in [0.25, 0.3) is 11.4 Å². The predicted molar refractivity (Wildman–Crippen MR) is 116 cm³/mol. The van der Waals surface area contributed by atoms with Crippen molar-refractivity contribution in [3.63, 3.8) is 0 Å². The van der Waals surface area contributed by atoms with Gasteiger partial charge in [0.05, 0.1) is 5.56 Å². The smallest absolute Gasteiger partial charge is 0.334 e. The predicted octanol–water partition coefficient (Wildman–Crippen LogP) is 4.59. The number of pyridine rings is 1. The Labute approximate surface area is 193 Å². The van der Waals surface area contributed by atoms with Crippen molar-refractivity contribution in [1.29, 1.82) is 0 Å². The van der Waals surface area contributed by atoms with Crippen LogP contribution < -0.4 is 0 Å². The lowest BCUT2D eigenvalue weighted by molar-refractivity contribution is -0.138. The van der Waals surface area contributed by atoms with Crippen LogP contribution in [0.3, 0.4) is 0 Å². The van der Waals surface area contributed by atoms with Crippen LogP contribution in [0.15, 0.2) is 30.6 Å². The van der Waals surface area contributed by atoms with Crippen molar-refractivity contribution in [2.75, 3.05) is 6.54 Å². The average molecular weight is 477 g/mol. The number of alkyl halides is 3. The number of hydrogen-bond donors (Lipinski definition) is 0. The van der Waals surface area contributed by atoms with E-state index in [-0.39, 0.29) is 23.6 Å². The Balaban J connectivity index is 1.58. The van der Waals surface area contributed by atoms with Crippen molar-refractivity contribution in [3.8, 4) is 11.4 Å². The van der Waals surface area contributed by atoms with Crippen LogP contribution in [0.4, 0.5) is 13.2 Å². The van der Waals surface area contributed by atoms with Crippen molar-refractivity contribution in [2.45, 2.75) is 51.7 Å². The molecule has 0 unspecified atom stereocenters. The Morgan fingerprint density at radius 1 is 1.21 bits per heavy atom. The molecular formula is C22H23F3N6OS. The molecule has 33 heavy (non-hydrogen) atoms. The van der Waals surface area contributed by atoms with Crippen molar-refractivity contribution in [1.82, 2.24) is 30.0 Å². The van der Waals surface area contributed by atoms with Crippen LogP contribution in [0, 0.1) is 12.8 Å². The molecule has 1 saturated heterocycles. The Morgan fingerprint density at radius 3 is 2.67 bits per heavy atom. The summed E-state index contributed by atoms with van der Waals surface area (Å²) in [5.41, 5.74) is 1.55. The van der Waals surface area contributed by atoms with Gasteiger partial charge in [0.15, 0.2) is 5.82 Å². The molecule has 0 radical (unpaired) electrons. The van der Waals surface area contributed by atoms with Crippen LogP contribution in [0.5, 0.6) is 0 Å². The number of carbonyl (C=O) groups excluding carboxylic acids is 1. The van der Waals surface area contributed by atoms with Crippen LogP contribution >= 0.6 is 11.3 Å². The number of hydrogen-bond acceptors (Lipinski definition) is 7. The monoisotopic (exact) mass is 476 g/mol. The second-order valence-electron chi connectivity index (χ2n) is 8.14. The minimum Gasteiger partial charge on any atom is -0.334 e. The summed E-state index contributed by atoms with van der Waals surface area (Å²) >= 11 is 0.558. The zero-order valence-electron chi connectivity index (χ0n) is 18.2. The first-order chi connectivity index (χ1) is 15.7. The number of aromatic nitrogens is 5. The number of rotatable bonds is 5. The van der Waals surface area contributed by atoms with Crippen LogP contribution in [0.1, 0.15) is 52.4 Å². The van der Waals surface area contributed by atoms with Gasteiger partial charge in [0, 0.05) is 37.1 Å². The Morgan fingerprint density at radius 2 is 1.97 bits per heavy atom. The molecule has 1 aliphatic rings. The summed E-state index contributed by atoms with van der Waals surface area (Å²) in [6.07, 6.45) is 1.34. The van der Waals surface area contributed by atoms with Crippen molar-refractivity contribution in [2.24, 2.45) is 5.92 Å². The van der Waals surface area contributed by atoms with Gasteiger partial charge in [-0.25, -0.2) is 15.0 Å². The fraction of sp³-hybridized carbons (Fsp3) is 0.455. The summed E-state index contributed by atoms with van der Waals surface area (Å²) in [5, 5.41) is 6.34. The molecule has 11 heteroatoms. The minimum atomic E-state index is -4.50. The molecule has 0 N–H and O–H groups in total. The number of aryl methyl sites for hydroxylation is 2. The zero-order chi connectivity index (χ0) is 23.6. The molecule has 0 spiro atoms. The summed E-state index contributed by atoms with van der Waals surface area (Å²) in [7, 11) is 0. The second-order valence-corrected chi connectivity index (χ2v) is 9.21. The summed E-state index contributed by atoms with van der Waals surface area (Å²) < 4.78 is 38.6. The van der Waals surface area contributed by atoms with Gasteiger partial charge >= 0.3 is 6.18 Å². The molecule has 174 valence electrons. The van der Waals surface area contributed by atoms with Gasteiger partial charge in [0.1, 0.15) is 10.7 Å². The van der Waals surface area contributed by atoms with Crippen LogP contribution in [-0.4, -0.2) is 48.5 Å². The van der Waals surface area contributed by atoms with E-state index in [4.69, 9.17) is 0 Å². The molecule has 4 rings (SSSR count). The van der Waals surface area contributed by atoms with Crippen LogP contribution in [0.2, 0.25) is 0 Å². The average Bonchev–Trinajstić information content (AvgIpc) is 3.28. The van der Waals surface area contributed by atoms with E-state index in [9.17, 15) is 18.0 Å². The van der Waals surface area contributed by atoms with Crippen molar-refractivity contribution >= 4 is 17.2 Å². The van der Waals surface area contributed by atoms with E-state index >= 15 is 0 Å². The lowest BCUT2D eigenvalue weighted by Crippen LogP contribution is -2.48. The Kier molecular flexibility index (Phi) is 6.68. The normalized spacial score (nSPS) is 19.0. The van der Waals surface area contributed by atoms with E-state index in [1.54, 1.807) is 29.4 Å². The fourth-order valence-corrected chi connectivity index (χ4v) is 4.88. The third kappa shape index (κ3) is 5.18. The molecule has 1 aliphatic heterocycles. The number of likely N-dealkylation sites (tertiary alicyclic amines) is 1. The van der Waals surface area contributed by atoms with E-state index < -0.39 is 11.2 Å². The lowest BCUT2D eigenvalue weighted by Gasteiger charge is -2.40. The van der Waals surface area contributed by atoms with Gasteiger partial charge < -0.3 is 4.90 Å². The molecule has 0 saturated carbocycles. The summed E-state index contributed by atoms with van der Waals surface area (Å²) in [6.45, 7) is 4.44. The number of halogens is 3. The van der Waals surface area contributed by atoms with Crippen molar-refractivity contribution < 1.29 is 18.0 Å². The minimum absolute atomic E-state index is 0.142. The number of carbonyl (C=O) groups is 1. The summed E-state index contributed by atoms with van der Waals surface area (Å²) in [5.74, 6) is 0.397. The molecule has 0 aliphatic carbocycles.